The van der Waals surface area contributed by atoms with Crippen molar-refractivity contribution in [1.29, 1.82) is 0 Å². The first-order valence-corrected chi connectivity index (χ1v) is 6.36. The smallest absolute Gasteiger partial charge is 0.226 e. The summed E-state index contributed by atoms with van der Waals surface area (Å²) in [4.78, 5) is 11.9. The van der Waals surface area contributed by atoms with Gasteiger partial charge in [0.05, 0.1) is 11.4 Å². The maximum atomic E-state index is 11.9. The maximum Gasteiger partial charge on any atom is 0.226 e. The zero-order valence-electron chi connectivity index (χ0n) is 10.2. The number of rotatable bonds is 0. The van der Waals surface area contributed by atoms with Crippen LogP contribution in [0, 0.1) is 6.92 Å². The quantitative estimate of drug-likeness (QED) is 0.719. The molecule has 0 bridgehead atoms. The molecule has 17 heavy (non-hydrogen) atoms. The predicted molar refractivity (Wildman–Crippen MR) is 69.2 cm³/mol. The third-order valence-electron chi connectivity index (χ3n) is 3.91. The molecule has 0 unspecified atom stereocenters. The lowest BCUT2D eigenvalue weighted by molar-refractivity contribution is -0.117. The van der Waals surface area contributed by atoms with Crippen LogP contribution < -0.4 is 10.6 Å². The highest BCUT2D eigenvalue weighted by molar-refractivity contribution is 5.97. The SMILES string of the molecule is Cc1ccc2c(c1)NC1(CCCC1)CC(=O)N2. The van der Waals surface area contributed by atoms with Gasteiger partial charge in [-0.1, -0.05) is 18.9 Å². The Balaban J connectivity index is 2.02. The van der Waals surface area contributed by atoms with Gasteiger partial charge in [-0.3, -0.25) is 4.79 Å². The average Bonchev–Trinajstić information content (AvgIpc) is 2.64. The lowest BCUT2D eigenvalue weighted by Crippen LogP contribution is -2.36. The molecule has 3 rings (SSSR count). The van der Waals surface area contributed by atoms with Gasteiger partial charge in [0.15, 0.2) is 0 Å². The summed E-state index contributed by atoms with van der Waals surface area (Å²) in [5.74, 6) is 0.141. The standard InChI is InChI=1S/C14H18N2O/c1-10-4-5-11-12(8-10)16-14(6-2-3-7-14)9-13(17)15-11/h4-5,8,16H,2-3,6-7,9H2,1H3,(H,15,17). The van der Waals surface area contributed by atoms with Crippen molar-refractivity contribution in [2.75, 3.05) is 10.6 Å². The fourth-order valence-corrected chi connectivity index (χ4v) is 3.06. The highest BCUT2D eigenvalue weighted by Crippen LogP contribution is 2.40. The average molecular weight is 230 g/mol. The van der Waals surface area contributed by atoms with E-state index in [1.54, 1.807) is 0 Å². The lowest BCUT2D eigenvalue weighted by atomic mass is 9.93. The van der Waals surface area contributed by atoms with Gasteiger partial charge in [-0.25, -0.2) is 0 Å². The Kier molecular flexibility index (Phi) is 2.35. The zero-order chi connectivity index (χ0) is 11.9. The van der Waals surface area contributed by atoms with Crippen LogP contribution in [-0.4, -0.2) is 11.4 Å². The first-order valence-electron chi connectivity index (χ1n) is 6.36. The van der Waals surface area contributed by atoms with Gasteiger partial charge in [0.1, 0.15) is 0 Å². The number of amides is 1. The van der Waals surface area contributed by atoms with Gasteiger partial charge in [0.2, 0.25) is 5.91 Å². The van der Waals surface area contributed by atoms with Crippen molar-refractivity contribution in [2.45, 2.75) is 44.6 Å². The molecule has 0 aromatic heterocycles. The predicted octanol–water partition coefficient (Wildman–Crippen LogP) is 3.06. The highest BCUT2D eigenvalue weighted by atomic mass is 16.1. The number of carbonyl (C=O) groups is 1. The summed E-state index contributed by atoms with van der Waals surface area (Å²) in [5.41, 5.74) is 3.23. The number of hydrogen-bond donors (Lipinski definition) is 2. The molecule has 90 valence electrons. The fourth-order valence-electron chi connectivity index (χ4n) is 3.06. The van der Waals surface area contributed by atoms with Crippen LogP contribution in [-0.2, 0) is 4.79 Å². The van der Waals surface area contributed by atoms with Crippen molar-refractivity contribution in [3.63, 3.8) is 0 Å². The van der Waals surface area contributed by atoms with E-state index in [0.717, 1.165) is 24.2 Å². The van der Waals surface area contributed by atoms with Crippen LogP contribution in [0.3, 0.4) is 0 Å². The van der Waals surface area contributed by atoms with E-state index >= 15 is 0 Å². The second-order valence-corrected chi connectivity index (χ2v) is 5.39. The molecule has 0 atom stereocenters. The molecule has 1 saturated carbocycles. The lowest BCUT2D eigenvalue weighted by Gasteiger charge is -2.28. The van der Waals surface area contributed by atoms with E-state index in [1.807, 2.05) is 12.1 Å². The number of hydrogen-bond acceptors (Lipinski definition) is 2. The first-order chi connectivity index (χ1) is 8.17. The minimum Gasteiger partial charge on any atom is -0.377 e. The Morgan fingerprint density at radius 1 is 1.18 bits per heavy atom. The Labute approximate surface area is 102 Å². The molecule has 2 aliphatic rings. The fraction of sp³-hybridized carbons (Fsp3) is 0.500. The molecule has 1 amide bonds. The molecule has 1 aromatic rings. The molecule has 1 aromatic carbocycles. The van der Waals surface area contributed by atoms with Crippen LogP contribution in [0.25, 0.3) is 0 Å². The molecule has 1 aliphatic carbocycles. The monoisotopic (exact) mass is 230 g/mol. The number of fused-ring (bicyclic) bond motifs is 1. The molecular formula is C14H18N2O. The first kappa shape index (κ1) is 10.6. The van der Waals surface area contributed by atoms with E-state index in [4.69, 9.17) is 0 Å². The van der Waals surface area contributed by atoms with Crippen molar-refractivity contribution in [2.24, 2.45) is 0 Å². The normalized spacial score (nSPS) is 21.6. The molecule has 1 spiro atoms. The van der Waals surface area contributed by atoms with Crippen molar-refractivity contribution >= 4 is 17.3 Å². The molecule has 3 nitrogen and oxygen atoms in total. The minimum atomic E-state index is 0.00310. The van der Waals surface area contributed by atoms with Crippen LogP contribution in [0.2, 0.25) is 0 Å². The third kappa shape index (κ3) is 1.90. The molecular weight excluding hydrogens is 212 g/mol. The van der Waals surface area contributed by atoms with Crippen molar-refractivity contribution in [3.05, 3.63) is 23.8 Å². The number of anilines is 2. The van der Waals surface area contributed by atoms with E-state index < -0.39 is 0 Å². The number of aryl methyl sites for hydroxylation is 1. The summed E-state index contributed by atoms with van der Waals surface area (Å²) in [7, 11) is 0. The van der Waals surface area contributed by atoms with Crippen molar-refractivity contribution < 1.29 is 4.79 Å². The van der Waals surface area contributed by atoms with E-state index in [2.05, 4.69) is 23.6 Å². The Bertz CT molecular complexity index is 461. The van der Waals surface area contributed by atoms with Crippen LogP contribution >= 0.6 is 0 Å². The maximum absolute atomic E-state index is 11.9. The number of carbonyl (C=O) groups excluding carboxylic acids is 1. The van der Waals surface area contributed by atoms with Gasteiger partial charge in [-0.05, 0) is 37.5 Å². The summed E-state index contributed by atoms with van der Waals surface area (Å²) in [6, 6.07) is 6.15. The van der Waals surface area contributed by atoms with Gasteiger partial charge in [-0.15, -0.1) is 0 Å². The summed E-state index contributed by atoms with van der Waals surface area (Å²) >= 11 is 0. The molecule has 1 heterocycles. The summed E-state index contributed by atoms with van der Waals surface area (Å²) in [6.07, 6.45) is 5.26. The van der Waals surface area contributed by atoms with E-state index in [-0.39, 0.29) is 11.4 Å². The second-order valence-electron chi connectivity index (χ2n) is 5.39. The Morgan fingerprint density at radius 2 is 1.94 bits per heavy atom. The minimum absolute atomic E-state index is 0.00310. The van der Waals surface area contributed by atoms with E-state index in [1.165, 1.54) is 18.4 Å². The molecule has 0 saturated heterocycles. The van der Waals surface area contributed by atoms with Crippen LogP contribution in [0.5, 0.6) is 0 Å². The summed E-state index contributed by atoms with van der Waals surface area (Å²) < 4.78 is 0. The summed E-state index contributed by atoms with van der Waals surface area (Å²) in [6.45, 7) is 2.08. The number of benzene rings is 1. The van der Waals surface area contributed by atoms with Crippen LogP contribution in [0.1, 0.15) is 37.7 Å². The van der Waals surface area contributed by atoms with Crippen LogP contribution in [0.4, 0.5) is 11.4 Å². The van der Waals surface area contributed by atoms with Gasteiger partial charge in [0, 0.05) is 12.0 Å². The molecule has 3 heteroatoms. The molecule has 0 radical (unpaired) electrons. The molecule has 1 aliphatic heterocycles. The summed E-state index contributed by atoms with van der Waals surface area (Å²) in [5, 5.41) is 6.62. The number of nitrogens with one attached hydrogen (secondary N) is 2. The largest absolute Gasteiger partial charge is 0.377 e. The van der Waals surface area contributed by atoms with Crippen molar-refractivity contribution in [3.8, 4) is 0 Å². The van der Waals surface area contributed by atoms with E-state index in [0.29, 0.717) is 6.42 Å². The van der Waals surface area contributed by atoms with Crippen LogP contribution in [0.15, 0.2) is 18.2 Å². The Morgan fingerprint density at radius 3 is 2.71 bits per heavy atom. The second kappa shape index (κ2) is 3.76. The van der Waals surface area contributed by atoms with Crippen molar-refractivity contribution in [1.82, 2.24) is 0 Å². The zero-order valence-corrected chi connectivity index (χ0v) is 10.2. The van der Waals surface area contributed by atoms with E-state index in [9.17, 15) is 4.79 Å². The highest BCUT2D eigenvalue weighted by Gasteiger charge is 2.38. The molecule has 2 N–H and O–H groups in total. The molecule has 1 fully saturated rings. The van der Waals surface area contributed by atoms with Gasteiger partial charge < -0.3 is 10.6 Å². The van der Waals surface area contributed by atoms with Gasteiger partial charge in [0.25, 0.3) is 0 Å². The van der Waals surface area contributed by atoms with Gasteiger partial charge in [-0.2, -0.15) is 0 Å². The van der Waals surface area contributed by atoms with Gasteiger partial charge >= 0.3 is 0 Å². The topological polar surface area (TPSA) is 41.1 Å². The Hall–Kier alpha value is -1.51. The third-order valence-corrected chi connectivity index (χ3v) is 3.91.